The predicted molar refractivity (Wildman–Crippen MR) is 119 cm³/mol. The molecule has 31 heavy (non-hydrogen) atoms. The summed E-state index contributed by atoms with van der Waals surface area (Å²) in [4.78, 5) is 12.7. The van der Waals surface area contributed by atoms with Crippen LogP contribution in [0.15, 0.2) is 59.0 Å². The molecule has 0 spiro atoms. The molecule has 1 heterocycles. The molecule has 0 bridgehead atoms. The number of nitrogens with zero attached hydrogens (tertiary/aromatic N) is 1. The van der Waals surface area contributed by atoms with Gasteiger partial charge in [0.15, 0.2) is 0 Å². The topological polar surface area (TPSA) is 66.5 Å². The lowest BCUT2D eigenvalue weighted by Crippen LogP contribution is -2.35. The smallest absolute Gasteiger partial charge is 0.264 e. The molecule has 1 aliphatic carbocycles. The molecule has 1 amide bonds. The van der Waals surface area contributed by atoms with Gasteiger partial charge in [0, 0.05) is 18.2 Å². The molecule has 5 nitrogen and oxygen atoms in total. The van der Waals surface area contributed by atoms with Crippen LogP contribution in [0.2, 0.25) is 0 Å². The molecule has 0 saturated carbocycles. The Hall–Kier alpha value is -2.67. The van der Waals surface area contributed by atoms with Gasteiger partial charge in [-0.15, -0.1) is 0 Å². The van der Waals surface area contributed by atoms with Crippen molar-refractivity contribution in [1.82, 2.24) is 5.32 Å². The van der Waals surface area contributed by atoms with Gasteiger partial charge in [0.25, 0.3) is 15.9 Å². The highest BCUT2D eigenvalue weighted by atomic mass is 32.2. The first-order chi connectivity index (χ1) is 14.9. The predicted octanol–water partition coefficient (Wildman–Crippen LogP) is 4.59. The number of sulfonamides is 1. The van der Waals surface area contributed by atoms with E-state index in [4.69, 9.17) is 0 Å². The summed E-state index contributed by atoms with van der Waals surface area (Å²) < 4.78 is 40.9. The van der Waals surface area contributed by atoms with Gasteiger partial charge < -0.3 is 5.32 Å². The van der Waals surface area contributed by atoms with Crippen molar-refractivity contribution in [2.45, 2.75) is 56.4 Å². The first kappa shape index (κ1) is 21.6. The van der Waals surface area contributed by atoms with E-state index in [2.05, 4.69) is 11.4 Å². The van der Waals surface area contributed by atoms with Crippen LogP contribution in [0.25, 0.3) is 0 Å². The van der Waals surface area contributed by atoms with Crippen molar-refractivity contribution in [2.75, 3.05) is 10.8 Å². The standard InChI is InChI=1S/C24H27FN2O3S/c1-17-15-20-16-19(24(28)26-14-13-18-5-3-2-4-6-18)7-12-23(20)27(17)31(29,30)22-10-8-21(25)9-11-22/h5,7-12,16-17H,2-4,6,13-15H2,1H3,(H,26,28)/t17-/m1/s1. The summed E-state index contributed by atoms with van der Waals surface area (Å²) in [6.45, 7) is 2.43. The molecule has 0 radical (unpaired) electrons. The second-order valence-corrected chi connectivity index (χ2v) is 10.1. The summed E-state index contributed by atoms with van der Waals surface area (Å²) in [5.74, 6) is -0.629. The van der Waals surface area contributed by atoms with E-state index in [1.807, 2.05) is 6.92 Å². The molecule has 4 rings (SSSR count). The maximum Gasteiger partial charge on any atom is 0.264 e. The average molecular weight is 443 g/mol. The molecule has 1 atom stereocenters. The van der Waals surface area contributed by atoms with Crippen molar-refractivity contribution in [1.29, 1.82) is 0 Å². The molecule has 7 heteroatoms. The molecule has 2 aromatic rings. The van der Waals surface area contributed by atoms with E-state index in [0.717, 1.165) is 37.0 Å². The molecule has 2 aliphatic rings. The van der Waals surface area contributed by atoms with E-state index in [-0.39, 0.29) is 16.8 Å². The Kier molecular flexibility index (Phi) is 6.14. The fourth-order valence-electron chi connectivity index (χ4n) is 4.40. The Morgan fingerprint density at radius 1 is 1.16 bits per heavy atom. The van der Waals surface area contributed by atoms with E-state index in [9.17, 15) is 17.6 Å². The van der Waals surface area contributed by atoms with Gasteiger partial charge in [-0.2, -0.15) is 0 Å². The van der Waals surface area contributed by atoms with E-state index in [0.29, 0.717) is 24.2 Å². The number of carbonyl (C=O) groups excluding carboxylic acids is 1. The molecule has 0 saturated heterocycles. The van der Waals surface area contributed by atoms with Crippen LogP contribution < -0.4 is 9.62 Å². The lowest BCUT2D eigenvalue weighted by atomic mass is 9.97. The fraction of sp³-hybridized carbons (Fsp3) is 0.375. The van der Waals surface area contributed by atoms with Gasteiger partial charge in [-0.25, -0.2) is 12.8 Å². The number of anilines is 1. The zero-order valence-electron chi connectivity index (χ0n) is 17.6. The Bertz CT molecular complexity index is 1110. The summed E-state index contributed by atoms with van der Waals surface area (Å²) in [6, 6.07) is 9.69. The van der Waals surface area contributed by atoms with Crippen LogP contribution in [-0.2, 0) is 16.4 Å². The summed E-state index contributed by atoms with van der Waals surface area (Å²) in [5.41, 5.74) is 3.34. The normalized spacial score (nSPS) is 18.5. The lowest BCUT2D eigenvalue weighted by Gasteiger charge is -2.24. The van der Waals surface area contributed by atoms with Gasteiger partial charge in [-0.3, -0.25) is 9.10 Å². The highest BCUT2D eigenvalue weighted by Gasteiger charge is 2.36. The van der Waals surface area contributed by atoms with Crippen LogP contribution in [0.5, 0.6) is 0 Å². The minimum atomic E-state index is -3.82. The summed E-state index contributed by atoms with van der Waals surface area (Å²) >= 11 is 0. The number of amides is 1. The number of hydrogen-bond donors (Lipinski definition) is 1. The molecule has 1 N–H and O–H groups in total. The minimum Gasteiger partial charge on any atom is -0.352 e. The Labute approximate surface area is 183 Å². The van der Waals surface area contributed by atoms with E-state index >= 15 is 0 Å². The van der Waals surface area contributed by atoms with Crippen molar-refractivity contribution < 1.29 is 17.6 Å². The van der Waals surface area contributed by atoms with Gasteiger partial charge in [0.1, 0.15) is 5.82 Å². The van der Waals surface area contributed by atoms with Crippen molar-refractivity contribution in [3.63, 3.8) is 0 Å². The van der Waals surface area contributed by atoms with Crippen molar-refractivity contribution in [2.24, 2.45) is 0 Å². The van der Waals surface area contributed by atoms with Gasteiger partial charge in [-0.05, 0) is 93.5 Å². The van der Waals surface area contributed by atoms with Gasteiger partial charge in [0.05, 0.1) is 10.6 Å². The SMILES string of the molecule is C[C@@H]1Cc2cc(C(=O)NCCC3=CCCCC3)ccc2N1S(=O)(=O)c1ccc(F)cc1. The summed E-state index contributed by atoms with van der Waals surface area (Å²) in [7, 11) is -3.82. The maximum atomic E-state index is 13.2. The maximum absolute atomic E-state index is 13.2. The van der Waals surface area contributed by atoms with Crippen LogP contribution in [-0.4, -0.2) is 26.9 Å². The van der Waals surface area contributed by atoms with E-state index < -0.39 is 15.8 Å². The number of hydrogen-bond acceptors (Lipinski definition) is 3. The third-order valence-electron chi connectivity index (χ3n) is 5.98. The molecule has 1 aliphatic heterocycles. The first-order valence-corrected chi connectivity index (χ1v) is 12.2. The summed E-state index contributed by atoms with van der Waals surface area (Å²) in [5, 5.41) is 2.97. The highest BCUT2D eigenvalue weighted by molar-refractivity contribution is 7.92. The zero-order valence-corrected chi connectivity index (χ0v) is 18.4. The number of rotatable bonds is 6. The number of halogens is 1. The quantitative estimate of drug-likeness (QED) is 0.666. The second-order valence-electron chi connectivity index (χ2n) is 8.27. The zero-order chi connectivity index (χ0) is 22.0. The lowest BCUT2D eigenvalue weighted by molar-refractivity contribution is 0.0954. The second kappa shape index (κ2) is 8.83. The Morgan fingerprint density at radius 3 is 2.65 bits per heavy atom. The third-order valence-corrected chi connectivity index (χ3v) is 7.92. The molecular formula is C24H27FN2O3S. The molecular weight excluding hydrogens is 415 g/mol. The van der Waals surface area contributed by atoms with Crippen LogP contribution in [0, 0.1) is 5.82 Å². The first-order valence-electron chi connectivity index (χ1n) is 10.8. The monoisotopic (exact) mass is 442 g/mol. The number of fused-ring (bicyclic) bond motifs is 1. The van der Waals surface area contributed by atoms with E-state index in [1.54, 1.807) is 18.2 Å². The van der Waals surface area contributed by atoms with Crippen LogP contribution in [0.1, 0.15) is 54.9 Å². The number of benzene rings is 2. The minimum absolute atomic E-state index is 0.0486. The van der Waals surface area contributed by atoms with Gasteiger partial charge >= 0.3 is 0 Å². The number of nitrogens with one attached hydrogen (secondary N) is 1. The molecule has 164 valence electrons. The van der Waals surface area contributed by atoms with Gasteiger partial charge in [-0.1, -0.05) is 11.6 Å². The van der Waals surface area contributed by atoms with Crippen molar-refractivity contribution in [3.8, 4) is 0 Å². The van der Waals surface area contributed by atoms with Crippen LogP contribution in [0.4, 0.5) is 10.1 Å². The third kappa shape index (κ3) is 4.51. The molecule has 0 aromatic heterocycles. The highest BCUT2D eigenvalue weighted by Crippen LogP contribution is 2.37. The van der Waals surface area contributed by atoms with Crippen LogP contribution in [0.3, 0.4) is 0 Å². The Balaban J connectivity index is 1.49. The summed E-state index contributed by atoms with van der Waals surface area (Å²) in [6.07, 6.45) is 8.38. The van der Waals surface area contributed by atoms with Crippen molar-refractivity contribution in [3.05, 3.63) is 71.1 Å². The molecule has 2 aromatic carbocycles. The number of carbonyl (C=O) groups is 1. The molecule has 0 unspecified atom stereocenters. The largest absolute Gasteiger partial charge is 0.352 e. The number of allylic oxidation sites excluding steroid dienone is 1. The molecule has 0 fully saturated rings. The van der Waals surface area contributed by atoms with Crippen molar-refractivity contribution >= 4 is 21.6 Å². The average Bonchev–Trinajstić information content (AvgIpc) is 3.10. The fourth-order valence-corrected chi connectivity index (χ4v) is 6.09. The van der Waals surface area contributed by atoms with Gasteiger partial charge in [0.2, 0.25) is 0 Å². The Morgan fingerprint density at radius 2 is 1.94 bits per heavy atom. The van der Waals surface area contributed by atoms with E-state index in [1.165, 1.54) is 34.9 Å². The van der Waals surface area contributed by atoms with Crippen LogP contribution >= 0.6 is 0 Å².